The molecule has 1 aliphatic carbocycles. The summed E-state index contributed by atoms with van der Waals surface area (Å²) in [6, 6.07) is 5.68. The van der Waals surface area contributed by atoms with E-state index in [1.165, 1.54) is 0 Å². The Labute approximate surface area is 101 Å². The van der Waals surface area contributed by atoms with Crippen LogP contribution < -0.4 is 10.5 Å². The summed E-state index contributed by atoms with van der Waals surface area (Å²) in [5.41, 5.74) is 7.11. The molecule has 0 radical (unpaired) electrons. The van der Waals surface area contributed by atoms with E-state index in [1.54, 1.807) is 14.0 Å². The Morgan fingerprint density at radius 3 is 2.94 bits per heavy atom. The highest BCUT2D eigenvalue weighted by Gasteiger charge is 2.43. The topological polar surface area (TPSA) is 61.5 Å². The minimum atomic E-state index is -1.01. The third-order valence-electron chi connectivity index (χ3n) is 3.23. The second-order valence-electron chi connectivity index (χ2n) is 4.21. The highest BCUT2D eigenvalue weighted by molar-refractivity contribution is 5.84. The molecule has 2 N–H and O–H groups in total. The van der Waals surface area contributed by atoms with Gasteiger partial charge in [-0.2, -0.15) is 0 Å². The van der Waals surface area contributed by atoms with Crippen molar-refractivity contribution in [1.82, 2.24) is 0 Å². The van der Waals surface area contributed by atoms with Gasteiger partial charge in [-0.1, -0.05) is 6.07 Å². The molecule has 0 heterocycles. The fourth-order valence-corrected chi connectivity index (χ4v) is 2.25. The van der Waals surface area contributed by atoms with Crippen molar-refractivity contribution in [2.24, 2.45) is 5.73 Å². The standard InChI is InChI=1S/C13H17NO3/c1-3-17-12(15)13(14)7-6-9-4-5-10(16-2)8-11(9)13/h4-5,8H,3,6-7,14H2,1-2H3. The molecule has 4 heteroatoms. The van der Waals surface area contributed by atoms with Crippen molar-refractivity contribution in [2.75, 3.05) is 13.7 Å². The first-order valence-electron chi connectivity index (χ1n) is 5.75. The summed E-state index contributed by atoms with van der Waals surface area (Å²) in [6.07, 6.45) is 1.39. The lowest BCUT2D eigenvalue weighted by atomic mass is 9.93. The van der Waals surface area contributed by atoms with Crippen molar-refractivity contribution in [3.05, 3.63) is 29.3 Å². The Balaban J connectivity index is 2.40. The van der Waals surface area contributed by atoms with Crippen LogP contribution in [0.15, 0.2) is 18.2 Å². The molecule has 17 heavy (non-hydrogen) atoms. The molecular weight excluding hydrogens is 218 g/mol. The Morgan fingerprint density at radius 1 is 1.53 bits per heavy atom. The Hall–Kier alpha value is -1.55. The minimum Gasteiger partial charge on any atom is -0.497 e. The van der Waals surface area contributed by atoms with Gasteiger partial charge in [-0.25, -0.2) is 4.79 Å². The number of rotatable bonds is 3. The normalized spacial score (nSPS) is 22.1. The maximum atomic E-state index is 11.9. The minimum absolute atomic E-state index is 0.344. The van der Waals surface area contributed by atoms with Crippen LogP contribution in [0.1, 0.15) is 24.5 Å². The van der Waals surface area contributed by atoms with E-state index in [1.807, 2.05) is 18.2 Å². The summed E-state index contributed by atoms with van der Waals surface area (Å²) in [5, 5.41) is 0. The van der Waals surface area contributed by atoms with Crippen molar-refractivity contribution in [3.8, 4) is 5.75 Å². The number of esters is 1. The SMILES string of the molecule is CCOC(=O)C1(N)CCc2ccc(OC)cc21. The smallest absolute Gasteiger partial charge is 0.330 e. The molecule has 0 aliphatic heterocycles. The number of hydrogen-bond donors (Lipinski definition) is 1. The fraction of sp³-hybridized carbons (Fsp3) is 0.462. The molecule has 1 unspecified atom stereocenters. The zero-order valence-corrected chi connectivity index (χ0v) is 10.2. The van der Waals surface area contributed by atoms with Gasteiger partial charge in [0.2, 0.25) is 0 Å². The molecule has 0 aromatic heterocycles. The maximum absolute atomic E-state index is 11.9. The van der Waals surface area contributed by atoms with E-state index in [9.17, 15) is 4.79 Å². The lowest BCUT2D eigenvalue weighted by Crippen LogP contribution is -2.44. The van der Waals surface area contributed by atoms with E-state index in [0.717, 1.165) is 17.5 Å². The first-order valence-corrected chi connectivity index (χ1v) is 5.75. The molecule has 0 saturated carbocycles. The van der Waals surface area contributed by atoms with Gasteiger partial charge in [-0.15, -0.1) is 0 Å². The van der Waals surface area contributed by atoms with E-state index in [-0.39, 0.29) is 5.97 Å². The van der Waals surface area contributed by atoms with E-state index in [4.69, 9.17) is 15.2 Å². The number of ether oxygens (including phenoxy) is 2. The molecular formula is C13H17NO3. The van der Waals surface area contributed by atoms with Gasteiger partial charge in [-0.3, -0.25) is 0 Å². The number of nitrogens with two attached hydrogens (primary N) is 1. The predicted octanol–water partition coefficient (Wildman–Crippen LogP) is 1.36. The van der Waals surface area contributed by atoms with Gasteiger partial charge < -0.3 is 15.2 Å². The molecule has 92 valence electrons. The third kappa shape index (κ3) is 1.89. The van der Waals surface area contributed by atoms with Gasteiger partial charge >= 0.3 is 5.97 Å². The van der Waals surface area contributed by atoms with Crippen LogP contribution in [-0.2, 0) is 21.5 Å². The Morgan fingerprint density at radius 2 is 2.29 bits per heavy atom. The molecule has 0 amide bonds. The predicted molar refractivity (Wildman–Crippen MR) is 63.8 cm³/mol. The average molecular weight is 235 g/mol. The van der Waals surface area contributed by atoms with Crippen LogP contribution in [0.5, 0.6) is 5.75 Å². The molecule has 0 spiro atoms. The molecule has 0 saturated heterocycles. The van der Waals surface area contributed by atoms with Gasteiger partial charge in [0.1, 0.15) is 11.3 Å². The summed E-state index contributed by atoms with van der Waals surface area (Å²) in [5.74, 6) is 0.358. The zero-order valence-electron chi connectivity index (χ0n) is 10.2. The Bertz CT molecular complexity index is 444. The summed E-state index contributed by atoms with van der Waals surface area (Å²) < 4.78 is 10.2. The molecule has 1 aromatic rings. The largest absolute Gasteiger partial charge is 0.497 e. The molecule has 4 nitrogen and oxygen atoms in total. The van der Waals surface area contributed by atoms with E-state index in [0.29, 0.717) is 18.8 Å². The first kappa shape index (κ1) is 11.9. The second-order valence-corrected chi connectivity index (χ2v) is 4.21. The zero-order chi connectivity index (χ0) is 12.5. The molecule has 0 bridgehead atoms. The van der Waals surface area contributed by atoms with Gasteiger partial charge in [0.25, 0.3) is 0 Å². The van der Waals surface area contributed by atoms with Crippen LogP contribution in [0.2, 0.25) is 0 Å². The lowest BCUT2D eigenvalue weighted by molar-refractivity contribution is -0.150. The Kier molecular flexibility index (Phi) is 3.07. The number of methoxy groups -OCH3 is 1. The van der Waals surface area contributed by atoms with Crippen molar-refractivity contribution < 1.29 is 14.3 Å². The van der Waals surface area contributed by atoms with Gasteiger partial charge in [0, 0.05) is 0 Å². The average Bonchev–Trinajstić information content (AvgIpc) is 2.68. The number of benzene rings is 1. The third-order valence-corrected chi connectivity index (χ3v) is 3.23. The van der Waals surface area contributed by atoms with Crippen molar-refractivity contribution >= 4 is 5.97 Å². The number of carbonyl (C=O) groups is 1. The molecule has 2 rings (SSSR count). The monoisotopic (exact) mass is 235 g/mol. The maximum Gasteiger partial charge on any atom is 0.330 e. The van der Waals surface area contributed by atoms with Crippen molar-refractivity contribution in [1.29, 1.82) is 0 Å². The quantitative estimate of drug-likeness (QED) is 0.803. The molecule has 1 atom stereocenters. The summed E-state index contributed by atoms with van der Waals surface area (Å²) in [4.78, 5) is 11.9. The van der Waals surface area contributed by atoms with Crippen LogP contribution in [0.4, 0.5) is 0 Å². The van der Waals surface area contributed by atoms with E-state index < -0.39 is 5.54 Å². The number of aryl methyl sites for hydroxylation is 1. The second kappa shape index (κ2) is 4.37. The van der Waals surface area contributed by atoms with Gasteiger partial charge in [-0.05, 0) is 43.0 Å². The van der Waals surface area contributed by atoms with E-state index in [2.05, 4.69) is 0 Å². The number of hydrogen-bond acceptors (Lipinski definition) is 4. The number of fused-ring (bicyclic) bond motifs is 1. The van der Waals surface area contributed by atoms with Crippen molar-refractivity contribution in [2.45, 2.75) is 25.3 Å². The number of carbonyl (C=O) groups excluding carboxylic acids is 1. The van der Waals surface area contributed by atoms with Crippen LogP contribution in [0.25, 0.3) is 0 Å². The fourth-order valence-electron chi connectivity index (χ4n) is 2.25. The van der Waals surface area contributed by atoms with Gasteiger partial charge in [0.15, 0.2) is 0 Å². The highest BCUT2D eigenvalue weighted by atomic mass is 16.5. The van der Waals surface area contributed by atoms with Crippen LogP contribution in [0, 0.1) is 0 Å². The van der Waals surface area contributed by atoms with Crippen LogP contribution in [0.3, 0.4) is 0 Å². The molecule has 1 aliphatic rings. The molecule has 0 fully saturated rings. The van der Waals surface area contributed by atoms with Crippen LogP contribution >= 0.6 is 0 Å². The molecule has 1 aromatic carbocycles. The summed E-state index contributed by atoms with van der Waals surface area (Å²) in [7, 11) is 1.60. The lowest BCUT2D eigenvalue weighted by Gasteiger charge is -2.23. The van der Waals surface area contributed by atoms with Crippen molar-refractivity contribution in [3.63, 3.8) is 0 Å². The van der Waals surface area contributed by atoms with Crippen LogP contribution in [-0.4, -0.2) is 19.7 Å². The summed E-state index contributed by atoms with van der Waals surface area (Å²) in [6.45, 7) is 2.12. The first-order chi connectivity index (χ1) is 8.11. The van der Waals surface area contributed by atoms with E-state index >= 15 is 0 Å². The van der Waals surface area contributed by atoms with Gasteiger partial charge in [0.05, 0.1) is 13.7 Å². The summed E-state index contributed by atoms with van der Waals surface area (Å²) >= 11 is 0. The highest BCUT2D eigenvalue weighted by Crippen LogP contribution is 2.37.